The lowest BCUT2D eigenvalue weighted by Gasteiger charge is -2.11. The first-order chi connectivity index (χ1) is 9.47. The molecule has 1 rings (SSSR count). The zero-order valence-corrected chi connectivity index (χ0v) is 12.6. The average Bonchev–Trinajstić information content (AvgIpc) is 2.38. The highest BCUT2D eigenvalue weighted by Crippen LogP contribution is 2.28. The lowest BCUT2D eigenvalue weighted by atomic mass is 10.3. The van der Waals surface area contributed by atoms with Crippen molar-refractivity contribution in [2.75, 3.05) is 30.0 Å². The van der Waals surface area contributed by atoms with E-state index in [0.29, 0.717) is 19.5 Å². The second-order valence-corrected chi connectivity index (χ2v) is 6.03. The molecule has 9 heteroatoms. The molecule has 1 aromatic rings. The van der Waals surface area contributed by atoms with E-state index in [-0.39, 0.29) is 22.6 Å². The standard InChI is InChI=1S/C11H19N5O3S/c1-4-12-10-9(16(17)18)11(15-7-14-10)13-6-5-8(2)20(3)19/h7-8H,4-6H2,1-3H3,(H2,12,13,14,15). The van der Waals surface area contributed by atoms with E-state index in [2.05, 4.69) is 20.6 Å². The van der Waals surface area contributed by atoms with Crippen molar-refractivity contribution in [3.05, 3.63) is 16.4 Å². The van der Waals surface area contributed by atoms with E-state index in [0.717, 1.165) is 0 Å². The highest BCUT2D eigenvalue weighted by atomic mass is 32.2. The van der Waals surface area contributed by atoms with Gasteiger partial charge in [-0.15, -0.1) is 0 Å². The minimum atomic E-state index is -0.909. The largest absolute Gasteiger partial charge is 0.364 e. The number of hydrogen-bond donors (Lipinski definition) is 2. The highest BCUT2D eigenvalue weighted by molar-refractivity contribution is 7.84. The monoisotopic (exact) mass is 301 g/mol. The molecular weight excluding hydrogens is 282 g/mol. The van der Waals surface area contributed by atoms with Crippen LogP contribution in [0.3, 0.4) is 0 Å². The molecule has 0 aliphatic heterocycles. The molecule has 0 fully saturated rings. The Bertz CT molecular complexity index is 497. The van der Waals surface area contributed by atoms with Crippen molar-refractivity contribution >= 4 is 28.1 Å². The number of anilines is 2. The molecule has 0 aromatic carbocycles. The molecule has 2 N–H and O–H groups in total. The van der Waals surface area contributed by atoms with E-state index < -0.39 is 15.7 Å². The summed E-state index contributed by atoms with van der Waals surface area (Å²) in [6, 6.07) is 0. The van der Waals surface area contributed by atoms with Crippen LogP contribution in [-0.4, -0.2) is 43.7 Å². The Labute approximate surface area is 120 Å². The summed E-state index contributed by atoms with van der Waals surface area (Å²) >= 11 is 0. The van der Waals surface area contributed by atoms with Crippen LogP contribution in [0.1, 0.15) is 20.3 Å². The number of nitro groups is 1. The van der Waals surface area contributed by atoms with Crippen molar-refractivity contribution < 1.29 is 9.13 Å². The zero-order valence-electron chi connectivity index (χ0n) is 11.8. The number of nitrogens with one attached hydrogen (secondary N) is 2. The van der Waals surface area contributed by atoms with Gasteiger partial charge in [-0.25, -0.2) is 9.97 Å². The predicted octanol–water partition coefficient (Wildman–Crippen LogP) is 1.39. The number of hydrogen-bond acceptors (Lipinski definition) is 7. The Morgan fingerprint density at radius 2 is 2.00 bits per heavy atom. The number of aromatic nitrogens is 2. The molecule has 2 unspecified atom stereocenters. The topological polar surface area (TPSA) is 110 Å². The van der Waals surface area contributed by atoms with Crippen molar-refractivity contribution in [2.45, 2.75) is 25.5 Å². The number of rotatable bonds is 8. The van der Waals surface area contributed by atoms with Gasteiger partial charge in [-0.2, -0.15) is 0 Å². The van der Waals surface area contributed by atoms with E-state index >= 15 is 0 Å². The van der Waals surface area contributed by atoms with Crippen molar-refractivity contribution in [2.24, 2.45) is 0 Å². The van der Waals surface area contributed by atoms with Crippen LogP contribution in [0.4, 0.5) is 17.3 Å². The van der Waals surface area contributed by atoms with Gasteiger partial charge in [-0.3, -0.25) is 14.3 Å². The van der Waals surface area contributed by atoms with Crippen LogP contribution in [0.25, 0.3) is 0 Å². The van der Waals surface area contributed by atoms with Gasteiger partial charge in [0.2, 0.25) is 11.6 Å². The van der Waals surface area contributed by atoms with Crippen LogP contribution in [0, 0.1) is 10.1 Å². The Balaban J connectivity index is 2.81. The van der Waals surface area contributed by atoms with E-state index in [9.17, 15) is 14.3 Å². The summed E-state index contributed by atoms with van der Waals surface area (Å²) in [4.78, 5) is 18.4. The molecule has 0 amide bonds. The lowest BCUT2D eigenvalue weighted by molar-refractivity contribution is -0.383. The van der Waals surface area contributed by atoms with Gasteiger partial charge in [-0.1, -0.05) is 6.92 Å². The van der Waals surface area contributed by atoms with Crippen LogP contribution < -0.4 is 10.6 Å². The smallest absolute Gasteiger partial charge is 0.353 e. The molecule has 0 aliphatic carbocycles. The van der Waals surface area contributed by atoms with Gasteiger partial charge >= 0.3 is 5.69 Å². The summed E-state index contributed by atoms with van der Waals surface area (Å²) in [7, 11) is -0.909. The third-order valence-electron chi connectivity index (χ3n) is 2.76. The van der Waals surface area contributed by atoms with Crippen LogP contribution in [0.2, 0.25) is 0 Å². The van der Waals surface area contributed by atoms with Crippen LogP contribution >= 0.6 is 0 Å². The van der Waals surface area contributed by atoms with Gasteiger partial charge in [0.1, 0.15) is 6.33 Å². The molecule has 2 atom stereocenters. The van der Waals surface area contributed by atoms with Crippen LogP contribution in [-0.2, 0) is 10.8 Å². The maximum Gasteiger partial charge on any atom is 0.353 e. The van der Waals surface area contributed by atoms with Crippen molar-refractivity contribution in [3.63, 3.8) is 0 Å². The summed E-state index contributed by atoms with van der Waals surface area (Å²) < 4.78 is 11.2. The summed E-state index contributed by atoms with van der Waals surface area (Å²) in [5, 5.41) is 16.9. The Hall–Kier alpha value is -1.77. The molecule has 0 saturated carbocycles. The maximum absolute atomic E-state index is 11.2. The lowest BCUT2D eigenvalue weighted by Crippen LogP contribution is -2.16. The summed E-state index contributed by atoms with van der Waals surface area (Å²) in [5.74, 6) is 0.372. The van der Waals surface area contributed by atoms with Gasteiger partial charge in [0.15, 0.2) is 0 Å². The Kier molecular flexibility index (Phi) is 6.29. The molecule has 0 saturated heterocycles. The van der Waals surface area contributed by atoms with Gasteiger partial charge in [0.05, 0.1) is 4.92 Å². The van der Waals surface area contributed by atoms with Crippen molar-refractivity contribution in [1.82, 2.24) is 9.97 Å². The third kappa shape index (κ3) is 4.41. The summed E-state index contributed by atoms with van der Waals surface area (Å²) in [6.07, 6.45) is 3.55. The third-order valence-corrected chi connectivity index (χ3v) is 4.13. The Morgan fingerprint density at radius 1 is 1.40 bits per heavy atom. The SMILES string of the molecule is CCNc1ncnc(NCCC(C)S(C)=O)c1[N+](=O)[O-]. The van der Waals surface area contributed by atoms with E-state index in [1.807, 2.05) is 13.8 Å². The van der Waals surface area contributed by atoms with Crippen LogP contribution in [0.15, 0.2) is 6.33 Å². The van der Waals surface area contributed by atoms with Crippen molar-refractivity contribution in [3.8, 4) is 0 Å². The minimum absolute atomic E-state index is 0.0247. The van der Waals surface area contributed by atoms with Gasteiger partial charge in [0, 0.05) is 35.4 Å². The first-order valence-corrected chi connectivity index (χ1v) is 7.88. The fourth-order valence-electron chi connectivity index (χ4n) is 1.54. The van der Waals surface area contributed by atoms with E-state index in [1.54, 1.807) is 6.26 Å². The van der Waals surface area contributed by atoms with Gasteiger partial charge in [0.25, 0.3) is 0 Å². The van der Waals surface area contributed by atoms with Gasteiger partial charge in [-0.05, 0) is 13.3 Å². The second kappa shape index (κ2) is 7.73. The van der Waals surface area contributed by atoms with E-state index in [1.165, 1.54) is 6.33 Å². The molecule has 112 valence electrons. The Morgan fingerprint density at radius 3 is 2.50 bits per heavy atom. The minimum Gasteiger partial charge on any atom is -0.364 e. The quantitative estimate of drug-likeness (QED) is 0.551. The molecule has 0 bridgehead atoms. The first kappa shape index (κ1) is 16.3. The fraction of sp³-hybridized carbons (Fsp3) is 0.636. The second-order valence-electron chi connectivity index (χ2n) is 4.23. The fourth-order valence-corrected chi connectivity index (χ4v) is 1.99. The summed E-state index contributed by atoms with van der Waals surface area (Å²) in [5.41, 5.74) is -0.167. The highest BCUT2D eigenvalue weighted by Gasteiger charge is 2.22. The molecule has 8 nitrogen and oxygen atoms in total. The molecular formula is C11H19N5O3S. The van der Waals surface area contributed by atoms with Crippen molar-refractivity contribution in [1.29, 1.82) is 0 Å². The molecule has 20 heavy (non-hydrogen) atoms. The molecule has 1 heterocycles. The molecule has 0 spiro atoms. The number of nitrogens with zero attached hydrogens (tertiary/aromatic N) is 3. The molecule has 0 radical (unpaired) electrons. The van der Waals surface area contributed by atoms with Crippen LogP contribution in [0.5, 0.6) is 0 Å². The first-order valence-electron chi connectivity index (χ1n) is 6.26. The molecule has 1 aromatic heterocycles. The normalized spacial score (nSPS) is 13.6. The van der Waals surface area contributed by atoms with Gasteiger partial charge < -0.3 is 10.6 Å². The summed E-state index contributed by atoms with van der Waals surface area (Å²) in [6.45, 7) is 4.70. The van der Waals surface area contributed by atoms with E-state index in [4.69, 9.17) is 0 Å². The molecule has 0 aliphatic rings. The average molecular weight is 301 g/mol. The zero-order chi connectivity index (χ0) is 15.1. The maximum atomic E-state index is 11.2. The predicted molar refractivity (Wildman–Crippen MR) is 79.5 cm³/mol.